The lowest BCUT2D eigenvalue weighted by molar-refractivity contribution is 0.0504. The first-order valence-electron chi connectivity index (χ1n) is 8.64. The Labute approximate surface area is 145 Å². The van der Waals surface area contributed by atoms with Crippen LogP contribution in [0.4, 0.5) is 0 Å². The maximum absolute atomic E-state index is 12.3. The molecule has 1 heterocycles. The molecule has 2 aliphatic rings. The van der Waals surface area contributed by atoms with Crippen molar-refractivity contribution in [1.29, 1.82) is 0 Å². The number of para-hydroxylation sites is 1. The van der Waals surface area contributed by atoms with Gasteiger partial charge in [0.1, 0.15) is 11.1 Å². The van der Waals surface area contributed by atoms with Gasteiger partial charge in [-0.1, -0.05) is 44.1 Å². The predicted molar refractivity (Wildman–Crippen MR) is 94.6 cm³/mol. The molecule has 4 rings (SSSR count). The van der Waals surface area contributed by atoms with Crippen molar-refractivity contribution in [2.24, 2.45) is 21.9 Å². The summed E-state index contributed by atoms with van der Waals surface area (Å²) in [7, 11) is 0. The average molecular weight is 339 g/mol. The number of fused-ring (bicyclic) bond motifs is 3. The molecular weight excluding hydrogens is 318 g/mol. The van der Waals surface area contributed by atoms with Gasteiger partial charge in [-0.05, 0) is 42.7 Å². The van der Waals surface area contributed by atoms with Crippen molar-refractivity contribution < 1.29 is 14.0 Å². The van der Waals surface area contributed by atoms with Crippen molar-refractivity contribution >= 4 is 22.7 Å². The number of carbonyl (C=O) groups excluding carboxylic acids is 1. The van der Waals surface area contributed by atoms with Gasteiger partial charge in [-0.15, -0.1) is 0 Å². The zero-order valence-electron chi connectivity index (χ0n) is 14.7. The summed E-state index contributed by atoms with van der Waals surface area (Å²) in [5.74, 6) is -0.197. The number of hydrogen-bond donors (Lipinski definition) is 0. The molecule has 0 saturated heterocycles. The number of carbonyl (C=O) groups is 1. The summed E-state index contributed by atoms with van der Waals surface area (Å²) in [4.78, 5) is 29.5. The normalized spacial score (nSPS) is 28.6. The highest BCUT2D eigenvalue weighted by Crippen LogP contribution is 2.63. The predicted octanol–water partition coefficient (Wildman–Crippen LogP) is 4.15. The molecule has 0 amide bonds. The second-order valence-electron chi connectivity index (χ2n) is 7.90. The second kappa shape index (κ2) is 5.28. The van der Waals surface area contributed by atoms with Crippen LogP contribution < -0.4 is 5.63 Å². The summed E-state index contributed by atoms with van der Waals surface area (Å²) >= 11 is 0. The molecule has 2 bridgehead atoms. The van der Waals surface area contributed by atoms with Crippen LogP contribution in [-0.4, -0.2) is 11.7 Å². The fraction of sp³-hybridized carbons (Fsp3) is 0.450. The molecule has 0 spiro atoms. The summed E-state index contributed by atoms with van der Waals surface area (Å²) in [6.07, 6.45) is 3.09. The van der Waals surface area contributed by atoms with Crippen molar-refractivity contribution in [3.05, 3.63) is 46.3 Å². The van der Waals surface area contributed by atoms with E-state index in [2.05, 4.69) is 25.9 Å². The van der Waals surface area contributed by atoms with Gasteiger partial charge in [0.15, 0.2) is 0 Å². The first kappa shape index (κ1) is 16.1. The van der Waals surface area contributed by atoms with Crippen molar-refractivity contribution in [1.82, 2.24) is 0 Å². The van der Waals surface area contributed by atoms with Crippen LogP contribution in [0.15, 0.2) is 44.7 Å². The Balaban J connectivity index is 1.62. The molecule has 5 heteroatoms. The van der Waals surface area contributed by atoms with Crippen molar-refractivity contribution in [3.8, 4) is 0 Å². The molecule has 2 aliphatic carbocycles. The number of nitrogens with zero attached hydrogens (tertiary/aromatic N) is 1. The molecule has 1 aromatic carbocycles. The molecule has 2 fully saturated rings. The van der Waals surface area contributed by atoms with E-state index in [4.69, 9.17) is 9.25 Å². The minimum absolute atomic E-state index is 0.0496. The monoisotopic (exact) mass is 339 g/mol. The molecule has 1 aromatic heterocycles. The van der Waals surface area contributed by atoms with E-state index in [0.29, 0.717) is 16.9 Å². The van der Waals surface area contributed by atoms with Crippen molar-refractivity contribution in [2.45, 2.75) is 40.0 Å². The highest BCUT2D eigenvalue weighted by molar-refractivity contribution is 5.96. The summed E-state index contributed by atoms with van der Waals surface area (Å²) in [6, 6.07) is 8.55. The molecule has 5 nitrogen and oxygen atoms in total. The molecule has 25 heavy (non-hydrogen) atoms. The van der Waals surface area contributed by atoms with Gasteiger partial charge in [-0.2, -0.15) is 0 Å². The van der Waals surface area contributed by atoms with Crippen molar-refractivity contribution in [2.75, 3.05) is 0 Å². The highest BCUT2D eigenvalue weighted by atomic mass is 16.7. The van der Waals surface area contributed by atoms with E-state index < -0.39 is 11.6 Å². The van der Waals surface area contributed by atoms with E-state index in [1.54, 1.807) is 18.2 Å². The Morgan fingerprint density at radius 3 is 2.72 bits per heavy atom. The topological polar surface area (TPSA) is 68.9 Å². The molecule has 2 atom stereocenters. The van der Waals surface area contributed by atoms with Crippen LogP contribution in [0.25, 0.3) is 11.0 Å². The maximum atomic E-state index is 12.3. The molecule has 2 saturated carbocycles. The molecule has 0 radical (unpaired) electrons. The van der Waals surface area contributed by atoms with Gasteiger partial charge in [0.25, 0.3) is 0 Å². The van der Waals surface area contributed by atoms with E-state index in [0.717, 1.165) is 18.6 Å². The van der Waals surface area contributed by atoms with Gasteiger partial charge in [0.2, 0.25) is 0 Å². The Morgan fingerprint density at radius 2 is 2.04 bits per heavy atom. The number of rotatable bonds is 2. The van der Waals surface area contributed by atoms with Gasteiger partial charge in [0, 0.05) is 10.8 Å². The lowest BCUT2D eigenvalue weighted by atomic mass is 9.70. The number of oxime groups is 1. The largest absolute Gasteiger partial charge is 0.422 e. The molecular formula is C20H21NO4. The van der Waals surface area contributed by atoms with Gasteiger partial charge < -0.3 is 9.25 Å². The first-order chi connectivity index (χ1) is 11.8. The minimum atomic E-state index is -0.767. The lowest BCUT2D eigenvalue weighted by Gasteiger charge is -2.34. The fourth-order valence-electron chi connectivity index (χ4n) is 4.42. The molecule has 0 N–H and O–H groups in total. The Bertz CT molecular complexity index is 956. The zero-order valence-corrected chi connectivity index (χ0v) is 14.7. The summed E-state index contributed by atoms with van der Waals surface area (Å²) in [5.41, 5.74) is 0.635. The third-order valence-electron chi connectivity index (χ3n) is 6.61. The molecule has 0 aliphatic heterocycles. The highest BCUT2D eigenvalue weighted by Gasteiger charge is 2.60. The SMILES string of the molecule is CC1(C)[C@H]2CC[C@@]1(C)/C(=N\OC(=O)c1cc3ccccc3oc1=O)C2. The van der Waals surface area contributed by atoms with E-state index in [1.807, 2.05) is 6.07 Å². The van der Waals surface area contributed by atoms with E-state index >= 15 is 0 Å². The first-order valence-corrected chi connectivity index (χ1v) is 8.64. The lowest BCUT2D eigenvalue weighted by Crippen LogP contribution is -2.32. The fourth-order valence-corrected chi connectivity index (χ4v) is 4.42. The Kier molecular flexibility index (Phi) is 3.39. The summed E-state index contributed by atoms with van der Waals surface area (Å²) < 4.78 is 5.18. The van der Waals surface area contributed by atoms with Crippen LogP contribution in [0.1, 0.15) is 50.4 Å². The molecule has 130 valence electrons. The van der Waals surface area contributed by atoms with E-state index in [-0.39, 0.29) is 16.4 Å². The Morgan fingerprint density at radius 1 is 1.28 bits per heavy atom. The Hall–Kier alpha value is -2.43. The van der Waals surface area contributed by atoms with Gasteiger partial charge in [-0.25, -0.2) is 9.59 Å². The third-order valence-corrected chi connectivity index (χ3v) is 6.61. The van der Waals surface area contributed by atoms with Crippen LogP contribution in [0.3, 0.4) is 0 Å². The number of hydrogen-bond acceptors (Lipinski definition) is 5. The quantitative estimate of drug-likeness (QED) is 0.468. The molecule has 2 aromatic rings. The van der Waals surface area contributed by atoms with E-state index in [9.17, 15) is 9.59 Å². The van der Waals surface area contributed by atoms with Gasteiger partial charge >= 0.3 is 11.6 Å². The van der Waals surface area contributed by atoms with Crippen LogP contribution in [-0.2, 0) is 4.84 Å². The second-order valence-corrected chi connectivity index (χ2v) is 7.90. The average Bonchev–Trinajstić information content (AvgIpc) is 2.92. The summed E-state index contributed by atoms with van der Waals surface area (Å²) in [6.45, 7) is 6.71. The van der Waals surface area contributed by atoms with Crippen LogP contribution in [0, 0.1) is 16.7 Å². The van der Waals surface area contributed by atoms with Crippen LogP contribution in [0.2, 0.25) is 0 Å². The summed E-state index contributed by atoms with van der Waals surface area (Å²) in [5, 5.41) is 4.83. The van der Waals surface area contributed by atoms with Crippen LogP contribution in [0.5, 0.6) is 0 Å². The maximum Gasteiger partial charge on any atom is 0.373 e. The van der Waals surface area contributed by atoms with Gasteiger partial charge in [-0.3, -0.25) is 0 Å². The smallest absolute Gasteiger partial charge is 0.373 e. The number of benzene rings is 1. The van der Waals surface area contributed by atoms with E-state index in [1.165, 1.54) is 12.5 Å². The molecule has 0 unspecified atom stereocenters. The van der Waals surface area contributed by atoms with Crippen molar-refractivity contribution in [3.63, 3.8) is 0 Å². The van der Waals surface area contributed by atoms with Gasteiger partial charge in [0.05, 0.1) is 5.71 Å². The third kappa shape index (κ3) is 2.25. The zero-order chi connectivity index (χ0) is 17.8. The van der Waals surface area contributed by atoms with Crippen LogP contribution >= 0.6 is 0 Å². The minimum Gasteiger partial charge on any atom is -0.422 e. The standard InChI is InChI=1S/C20H21NO4/c1-19(2)13-8-9-20(19,3)16(11-13)21-25-18(23)14-10-12-6-4-5-7-15(12)24-17(14)22/h4-7,10,13H,8-9,11H2,1-3H3/b21-16-/t13-,20-/m0/s1.